The lowest BCUT2D eigenvalue weighted by Gasteiger charge is -2.28. The summed E-state index contributed by atoms with van der Waals surface area (Å²) in [4.78, 5) is 22.2. The van der Waals surface area contributed by atoms with E-state index in [0.717, 1.165) is 0 Å². The molecule has 8 heteroatoms. The largest absolute Gasteiger partial charge is 0.469 e. The molecule has 0 saturated heterocycles. The molecular weight excluding hydrogens is 270 g/mol. The zero-order valence-corrected chi connectivity index (χ0v) is 10.3. The van der Waals surface area contributed by atoms with Crippen LogP contribution in [0.1, 0.15) is 25.7 Å². The van der Waals surface area contributed by atoms with Crippen LogP contribution in [0.4, 0.5) is 17.6 Å². The van der Waals surface area contributed by atoms with Gasteiger partial charge in [0.05, 0.1) is 13.0 Å². The van der Waals surface area contributed by atoms with Crippen LogP contribution < -0.4 is 5.32 Å². The van der Waals surface area contributed by atoms with Crippen LogP contribution in [-0.2, 0) is 14.3 Å². The molecule has 0 spiro atoms. The van der Waals surface area contributed by atoms with Crippen molar-refractivity contribution in [1.29, 1.82) is 0 Å². The molecule has 0 radical (unpaired) electrons. The van der Waals surface area contributed by atoms with E-state index in [0.29, 0.717) is 12.8 Å². The summed E-state index contributed by atoms with van der Waals surface area (Å²) in [6.45, 7) is 0. The van der Waals surface area contributed by atoms with Crippen LogP contribution in [-0.4, -0.2) is 37.4 Å². The number of amides is 1. The summed E-state index contributed by atoms with van der Waals surface area (Å²) < 4.78 is 53.9. The Labute approximate surface area is 107 Å². The van der Waals surface area contributed by atoms with E-state index in [-0.39, 0.29) is 24.7 Å². The van der Waals surface area contributed by atoms with E-state index < -0.39 is 24.3 Å². The van der Waals surface area contributed by atoms with Gasteiger partial charge in [0.1, 0.15) is 0 Å². The number of alkyl halides is 4. The molecule has 0 unspecified atom stereocenters. The number of ether oxygens (including phenoxy) is 1. The van der Waals surface area contributed by atoms with Crippen molar-refractivity contribution < 1.29 is 31.9 Å². The number of methoxy groups -OCH3 is 1. The zero-order valence-electron chi connectivity index (χ0n) is 10.3. The van der Waals surface area contributed by atoms with Gasteiger partial charge in [-0.2, -0.15) is 8.78 Å². The minimum atomic E-state index is -4.68. The van der Waals surface area contributed by atoms with Crippen molar-refractivity contribution in [2.75, 3.05) is 7.11 Å². The monoisotopic (exact) mass is 285 g/mol. The number of hydrogen-bond acceptors (Lipinski definition) is 3. The topological polar surface area (TPSA) is 55.4 Å². The van der Waals surface area contributed by atoms with E-state index in [1.165, 1.54) is 7.11 Å². The number of esters is 1. The molecule has 1 aliphatic rings. The van der Waals surface area contributed by atoms with Gasteiger partial charge < -0.3 is 10.1 Å². The number of carbonyl (C=O) groups is 2. The molecule has 1 fully saturated rings. The second-order valence-corrected chi connectivity index (χ2v) is 4.47. The molecule has 110 valence electrons. The second-order valence-electron chi connectivity index (χ2n) is 4.47. The fourth-order valence-corrected chi connectivity index (χ4v) is 2.02. The van der Waals surface area contributed by atoms with Crippen LogP contribution in [0, 0.1) is 5.92 Å². The molecule has 0 heterocycles. The maximum Gasteiger partial charge on any atom is 0.383 e. The lowest BCUT2D eigenvalue weighted by Crippen LogP contribution is -2.50. The third-order valence-corrected chi connectivity index (χ3v) is 3.17. The molecule has 4 nitrogen and oxygen atoms in total. The lowest BCUT2D eigenvalue weighted by atomic mass is 9.86. The molecule has 0 aromatic heterocycles. The van der Waals surface area contributed by atoms with Crippen molar-refractivity contribution in [3.63, 3.8) is 0 Å². The average molecular weight is 285 g/mol. The highest BCUT2D eigenvalue weighted by Gasteiger charge is 2.49. The molecule has 19 heavy (non-hydrogen) atoms. The van der Waals surface area contributed by atoms with Gasteiger partial charge in [-0.3, -0.25) is 9.59 Å². The van der Waals surface area contributed by atoms with Gasteiger partial charge in [0, 0.05) is 6.04 Å². The van der Waals surface area contributed by atoms with E-state index in [4.69, 9.17) is 0 Å². The Kier molecular flexibility index (Phi) is 5.13. The number of carbonyl (C=O) groups excluding carboxylic acids is 2. The smallest absolute Gasteiger partial charge is 0.383 e. The standard InChI is InChI=1S/C11H15F4NO3/c1-19-8(17)6-2-4-7(5-3-6)16-10(18)11(14,15)9(12)13/h6-7,9H,2-5H2,1H3,(H,16,18). The van der Waals surface area contributed by atoms with Gasteiger partial charge in [-0.1, -0.05) is 0 Å². The van der Waals surface area contributed by atoms with Crippen LogP contribution in [0.5, 0.6) is 0 Å². The summed E-state index contributed by atoms with van der Waals surface area (Å²) in [5, 5.41) is 1.90. The molecular formula is C11H15F4NO3. The number of halogens is 4. The third-order valence-electron chi connectivity index (χ3n) is 3.17. The maximum absolute atomic E-state index is 12.7. The highest BCUT2D eigenvalue weighted by atomic mass is 19.3. The number of rotatable bonds is 4. The van der Waals surface area contributed by atoms with Gasteiger partial charge in [0.2, 0.25) is 0 Å². The van der Waals surface area contributed by atoms with Crippen molar-refractivity contribution in [1.82, 2.24) is 5.32 Å². The van der Waals surface area contributed by atoms with Crippen molar-refractivity contribution in [3.05, 3.63) is 0 Å². The summed E-state index contributed by atoms with van der Waals surface area (Å²) >= 11 is 0. The van der Waals surface area contributed by atoms with Crippen LogP contribution >= 0.6 is 0 Å². The normalized spacial score (nSPS) is 24.1. The van der Waals surface area contributed by atoms with Crippen LogP contribution in [0.2, 0.25) is 0 Å². The van der Waals surface area contributed by atoms with Crippen LogP contribution in [0.25, 0.3) is 0 Å². The van der Waals surface area contributed by atoms with Crippen LogP contribution in [0.15, 0.2) is 0 Å². The average Bonchev–Trinajstić information content (AvgIpc) is 2.38. The zero-order chi connectivity index (χ0) is 14.6. The van der Waals surface area contributed by atoms with Crippen molar-refractivity contribution in [2.45, 2.75) is 44.1 Å². The lowest BCUT2D eigenvalue weighted by molar-refractivity contribution is -0.170. The summed E-state index contributed by atoms with van der Waals surface area (Å²) in [6.07, 6.45) is -2.72. The molecule has 1 amide bonds. The molecule has 1 aliphatic carbocycles. The SMILES string of the molecule is COC(=O)C1CCC(NC(=O)C(F)(F)C(F)F)CC1. The molecule has 1 N–H and O–H groups in total. The number of hydrogen-bond donors (Lipinski definition) is 1. The Morgan fingerprint density at radius 1 is 1.21 bits per heavy atom. The fourth-order valence-electron chi connectivity index (χ4n) is 2.02. The van der Waals surface area contributed by atoms with Crippen molar-refractivity contribution in [2.24, 2.45) is 5.92 Å². The van der Waals surface area contributed by atoms with Crippen molar-refractivity contribution >= 4 is 11.9 Å². The van der Waals surface area contributed by atoms with E-state index >= 15 is 0 Å². The van der Waals surface area contributed by atoms with Gasteiger partial charge in [0.25, 0.3) is 5.91 Å². The van der Waals surface area contributed by atoms with E-state index in [1.807, 2.05) is 5.32 Å². The van der Waals surface area contributed by atoms with Gasteiger partial charge in [0.15, 0.2) is 0 Å². The summed E-state index contributed by atoms with van der Waals surface area (Å²) in [7, 11) is 1.25. The molecule has 0 bridgehead atoms. The van der Waals surface area contributed by atoms with E-state index in [1.54, 1.807) is 0 Å². The molecule has 0 aromatic carbocycles. The molecule has 0 aliphatic heterocycles. The Bertz CT molecular complexity index is 341. The quantitative estimate of drug-likeness (QED) is 0.632. The summed E-state index contributed by atoms with van der Waals surface area (Å²) in [6, 6.07) is -0.613. The maximum atomic E-state index is 12.7. The summed E-state index contributed by atoms with van der Waals surface area (Å²) in [5.74, 6) is -7.36. The van der Waals surface area contributed by atoms with Gasteiger partial charge >= 0.3 is 18.3 Å². The van der Waals surface area contributed by atoms with E-state index in [2.05, 4.69) is 4.74 Å². The predicted molar refractivity (Wildman–Crippen MR) is 56.9 cm³/mol. The molecule has 0 atom stereocenters. The highest BCUT2D eigenvalue weighted by molar-refractivity contribution is 5.84. The Balaban J connectivity index is 2.45. The van der Waals surface area contributed by atoms with Crippen molar-refractivity contribution in [3.8, 4) is 0 Å². The number of nitrogens with one attached hydrogen (secondary N) is 1. The van der Waals surface area contributed by atoms with Gasteiger partial charge in [-0.15, -0.1) is 0 Å². The molecule has 0 aromatic rings. The van der Waals surface area contributed by atoms with Crippen LogP contribution in [0.3, 0.4) is 0 Å². The Hall–Kier alpha value is -1.34. The minimum Gasteiger partial charge on any atom is -0.469 e. The Morgan fingerprint density at radius 2 is 1.74 bits per heavy atom. The third kappa shape index (κ3) is 3.81. The predicted octanol–water partition coefficient (Wildman–Crippen LogP) is 1.73. The Morgan fingerprint density at radius 3 is 2.16 bits per heavy atom. The first kappa shape index (κ1) is 15.7. The van der Waals surface area contributed by atoms with E-state index in [9.17, 15) is 27.2 Å². The second kappa shape index (κ2) is 6.21. The highest BCUT2D eigenvalue weighted by Crippen LogP contribution is 2.27. The fraction of sp³-hybridized carbons (Fsp3) is 0.818. The first-order valence-electron chi connectivity index (χ1n) is 5.83. The molecule has 1 rings (SSSR count). The summed E-state index contributed by atoms with van der Waals surface area (Å²) in [5.41, 5.74) is 0. The first-order chi connectivity index (χ1) is 8.78. The molecule has 1 saturated carbocycles. The first-order valence-corrected chi connectivity index (χ1v) is 5.83. The van der Waals surface area contributed by atoms with Gasteiger partial charge in [-0.05, 0) is 25.7 Å². The van der Waals surface area contributed by atoms with Gasteiger partial charge in [-0.25, -0.2) is 8.78 Å². The minimum absolute atomic E-state index is 0.283.